The van der Waals surface area contributed by atoms with Crippen LogP contribution in [0.5, 0.6) is 0 Å². The van der Waals surface area contributed by atoms with Crippen molar-refractivity contribution >= 4 is 11.8 Å². The average molecular weight is 324 g/mol. The molecule has 1 saturated heterocycles. The summed E-state index contributed by atoms with van der Waals surface area (Å²) < 4.78 is 16.0. The Morgan fingerprint density at radius 3 is 2.83 bits per heavy atom. The normalized spacial score (nSPS) is 24.6. The molecule has 0 spiro atoms. The highest BCUT2D eigenvalue weighted by molar-refractivity contribution is 5.98. The molecule has 23 heavy (non-hydrogen) atoms. The maximum absolute atomic E-state index is 12.0. The molecule has 2 aliphatic rings. The Labute approximate surface area is 138 Å². The van der Waals surface area contributed by atoms with Crippen LogP contribution in [0.1, 0.15) is 64.2 Å². The van der Waals surface area contributed by atoms with Crippen LogP contribution in [0.25, 0.3) is 0 Å². The third-order valence-electron chi connectivity index (χ3n) is 4.40. The summed E-state index contributed by atoms with van der Waals surface area (Å²) in [5.41, 5.74) is 0.902. The maximum Gasteiger partial charge on any atom is 0.305 e. The molecule has 0 saturated carbocycles. The lowest BCUT2D eigenvalue weighted by Crippen LogP contribution is -2.26. The number of carbonyl (C=O) groups excluding carboxylic acids is 2. The van der Waals surface area contributed by atoms with Gasteiger partial charge < -0.3 is 14.2 Å². The molecule has 0 aromatic rings. The SMILES string of the molecule is COC(=O)CCCCCCC1=CC(O[C@@H]2CCCCO2)CC1=O. The Kier molecular flexibility index (Phi) is 7.76. The second kappa shape index (κ2) is 9.83. The molecular weight excluding hydrogens is 296 g/mol. The number of esters is 1. The minimum Gasteiger partial charge on any atom is -0.469 e. The minimum absolute atomic E-state index is 0.111. The van der Waals surface area contributed by atoms with E-state index in [9.17, 15) is 9.59 Å². The molecule has 1 unspecified atom stereocenters. The Morgan fingerprint density at radius 1 is 1.26 bits per heavy atom. The number of unbranched alkanes of at least 4 members (excludes halogenated alkanes) is 3. The van der Waals surface area contributed by atoms with Crippen LogP contribution in [-0.4, -0.2) is 37.9 Å². The number of ether oxygens (including phenoxy) is 3. The number of methoxy groups -OCH3 is 1. The smallest absolute Gasteiger partial charge is 0.305 e. The molecule has 2 rings (SSSR count). The van der Waals surface area contributed by atoms with Crippen molar-refractivity contribution in [1.82, 2.24) is 0 Å². The van der Waals surface area contributed by atoms with Crippen molar-refractivity contribution in [2.45, 2.75) is 76.6 Å². The van der Waals surface area contributed by atoms with Crippen molar-refractivity contribution < 1.29 is 23.8 Å². The zero-order chi connectivity index (χ0) is 16.5. The predicted octanol–water partition coefficient (Wildman–Crippen LogP) is 3.31. The summed E-state index contributed by atoms with van der Waals surface area (Å²) in [5, 5.41) is 0. The van der Waals surface area contributed by atoms with E-state index in [0.717, 1.165) is 63.5 Å². The molecule has 130 valence electrons. The van der Waals surface area contributed by atoms with Crippen molar-refractivity contribution in [3.05, 3.63) is 11.6 Å². The Hall–Kier alpha value is -1.20. The summed E-state index contributed by atoms with van der Waals surface area (Å²) in [6.45, 7) is 0.757. The first-order valence-corrected chi connectivity index (χ1v) is 8.77. The fourth-order valence-electron chi connectivity index (χ4n) is 3.05. The Balaban J connectivity index is 1.61. The summed E-state index contributed by atoms with van der Waals surface area (Å²) in [7, 11) is 1.41. The largest absolute Gasteiger partial charge is 0.469 e. The number of Topliss-reactive ketones (excluding diaryl/α,β-unsaturated/α-hetero) is 1. The predicted molar refractivity (Wildman–Crippen MR) is 85.9 cm³/mol. The van der Waals surface area contributed by atoms with E-state index >= 15 is 0 Å². The molecule has 0 radical (unpaired) electrons. The van der Waals surface area contributed by atoms with Crippen molar-refractivity contribution in [2.24, 2.45) is 0 Å². The first-order valence-electron chi connectivity index (χ1n) is 8.77. The van der Waals surface area contributed by atoms with E-state index in [2.05, 4.69) is 4.74 Å². The molecule has 1 aliphatic carbocycles. The molecule has 0 aromatic carbocycles. The van der Waals surface area contributed by atoms with Crippen LogP contribution in [0.4, 0.5) is 0 Å². The van der Waals surface area contributed by atoms with Gasteiger partial charge in [0.15, 0.2) is 12.1 Å². The molecular formula is C18H28O5. The van der Waals surface area contributed by atoms with Crippen LogP contribution in [0, 0.1) is 0 Å². The Bertz CT molecular complexity index is 423. The molecule has 0 amide bonds. The highest BCUT2D eigenvalue weighted by atomic mass is 16.7. The molecule has 1 heterocycles. The zero-order valence-electron chi connectivity index (χ0n) is 14.1. The van der Waals surface area contributed by atoms with Crippen LogP contribution >= 0.6 is 0 Å². The van der Waals surface area contributed by atoms with Crippen LogP contribution in [-0.2, 0) is 23.8 Å². The van der Waals surface area contributed by atoms with Gasteiger partial charge in [-0.25, -0.2) is 0 Å². The fourth-order valence-corrected chi connectivity index (χ4v) is 3.05. The summed E-state index contributed by atoms with van der Waals surface area (Å²) in [4.78, 5) is 23.0. The highest BCUT2D eigenvalue weighted by Gasteiger charge is 2.27. The number of hydrogen-bond acceptors (Lipinski definition) is 5. The van der Waals surface area contributed by atoms with Gasteiger partial charge in [0.05, 0.1) is 13.2 Å². The summed E-state index contributed by atoms with van der Waals surface area (Å²) >= 11 is 0. The lowest BCUT2D eigenvalue weighted by Gasteiger charge is -2.24. The summed E-state index contributed by atoms with van der Waals surface area (Å²) in [6, 6.07) is 0. The topological polar surface area (TPSA) is 61.8 Å². The first-order chi connectivity index (χ1) is 11.2. The monoisotopic (exact) mass is 324 g/mol. The van der Waals surface area contributed by atoms with Gasteiger partial charge in [-0.05, 0) is 50.2 Å². The van der Waals surface area contributed by atoms with Gasteiger partial charge >= 0.3 is 5.97 Å². The lowest BCUT2D eigenvalue weighted by atomic mass is 10.0. The first kappa shape index (κ1) is 18.1. The molecule has 1 fully saturated rings. The van der Waals surface area contributed by atoms with E-state index in [4.69, 9.17) is 9.47 Å². The van der Waals surface area contributed by atoms with Gasteiger partial charge in [0.1, 0.15) is 0 Å². The molecule has 5 nitrogen and oxygen atoms in total. The van der Waals surface area contributed by atoms with Crippen LogP contribution < -0.4 is 0 Å². The van der Waals surface area contributed by atoms with Gasteiger partial charge in [0.25, 0.3) is 0 Å². The maximum atomic E-state index is 12.0. The van der Waals surface area contributed by atoms with Crippen molar-refractivity contribution in [3.8, 4) is 0 Å². The van der Waals surface area contributed by atoms with E-state index in [0.29, 0.717) is 12.8 Å². The van der Waals surface area contributed by atoms with Gasteiger partial charge in [-0.2, -0.15) is 0 Å². The lowest BCUT2D eigenvalue weighted by molar-refractivity contribution is -0.178. The van der Waals surface area contributed by atoms with Crippen molar-refractivity contribution in [1.29, 1.82) is 0 Å². The number of rotatable bonds is 9. The highest BCUT2D eigenvalue weighted by Crippen LogP contribution is 2.25. The van der Waals surface area contributed by atoms with Gasteiger partial charge in [-0.1, -0.05) is 12.8 Å². The standard InChI is InChI=1S/C18H28O5/c1-21-17(20)9-5-3-2-4-8-14-12-15(13-16(14)19)23-18-10-6-7-11-22-18/h12,15,18H,2-11,13H2,1H3/t15?,18-/m1/s1. The van der Waals surface area contributed by atoms with Gasteiger partial charge in [-0.3, -0.25) is 9.59 Å². The van der Waals surface area contributed by atoms with Gasteiger partial charge in [-0.15, -0.1) is 0 Å². The van der Waals surface area contributed by atoms with Gasteiger partial charge in [0, 0.05) is 19.4 Å². The van der Waals surface area contributed by atoms with E-state index in [1.807, 2.05) is 6.08 Å². The van der Waals surface area contributed by atoms with E-state index in [1.165, 1.54) is 7.11 Å². The molecule has 0 N–H and O–H groups in total. The van der Waals surface area contributed by atoms with E-state index in [1.54, 1.807) is 0 Å². The molecule has 0 bridgehead atoms. The third kappa shape index (κ3) is 6.43. The van der Waals surface area contributed by atoms with Crippen molar-refractivity contribution in [2.75, 3.05) is 13.7 Å². The molecule has 5 heteroatoms. The van der Waals surface area contributed by atoms with Crippen LogP contribution in [0.2, 0.25) is 0 Å². The quantitative estimate of drug-likeness (QED) is 0.481. The summed E-state index contributed by atoms with van der Waals surface area (Å²) in [6.07, 6.45) is 10.5. The average Bonchev–Trinajstić information content (AvgIpc) is 2.91. The molecule has 1 aliphatic heterocycles. The van der Waals surface area contributed by atoms with Gasteiger partial charge in [0.2, 0.25) is 0 Å². The third-order valence-corrected chi connectivity index (χ3v) is 4.40. The second-order valence-corrected chi connectivity index (χ2v) is 6.28. The van der Waals surface area contributed by atoms with E-state index < -0.39 is 0 Å². The minimum atomic E-state index is -0.149. The molecule has 2 atom stereocenters. The van der Waals surface area contributed by atoms with Crippen LogP contribution in [0.3, 0.4) is 0 Å². The fraction of sp³-hybridized carbons (Fsp3) is 0.778. The number of allylic oxidation sites excluding steroid dienone is 1. The number of carbonyl (C=O) groups is 2. The Morgan fingerprint density at radius 2 is 2.09 bits per heavy atom. The second-order valence-electron chi connectivity index (χ2n) is 6.28. The van der Waals surface area contributed by atoms with Crippen molar-refractivity contribution in [3.63, 3.8) is 0 Å². The zero-order valence-corrected chi connectivity index (χ0v) is 14.1. The van der Waals surface area contributed by atoms with E-state index in [-0.39, 0.29) is 24.1 Å². The summed E-state index contributed by atoms with van der Waals surface area (Å²) in [5.74, 6) is 0.0592. The number of hydrogen-bond donors (Lipinski definition) is 0. The van der Waals surface area contributed by atoms with Crippen LogP contribution in [0.15, 0.2) is 11.6 Å². The molecule has 0 aromatic heterocycles. The number of ketones is 1.